The predicted octanol–water partition coefficient (Wildman–Crippen LogP) is 4.05. The quantitative estimate of drug-likeness (QED) is 0.452. The SMILES string of the molecule is C#CC#CC#CC#CC#CC#CC#CC#CC#CC#CC#CC#CC#CC#CC#CC.COc1ccc(Oc2ccc3nc[nH]c3c2)cc1. The molecule has 0 saturated carbocycles. The Kier molecular flexibility index (Phi) is 18.7. The fraction of sp³-hybridized carbons (Fsp3) is 0.0444. The number of methoxy groups -OCH3 is 1. The number of hydrogen-bond donors (Lipinski definition) is 1. The van der Waals surface area contributed by atoms with Gasteiger partial charge < -0.3 is 14.5 Å². The number of terminal acetylenes is 1. The minimum atomic E-state index is 0.773. The van der Waals surface area contributed by atoms with Crippen LogP contribution in [0, 0.1) is 178 Å². The van der Waals surface area contributed by atoms with Crippen LogP contribution in [0.3, 0.4) is 0 Å². The van der Waals surface area contributed by atoms with Gasteiger partial charge in [0.05, 0.1) is 24.5 Å². The maximum Gasteiger partial charge on any atom is 0.129 e. The molecule has 0 aliphatic heterocycles. The minimum Gasteiger partial charge on any atom is -0.497 e. The molecule has 0 unspecified atom stereocenters. The summed E-state index contributed by atoms with van der Waals surface area (Å²) in [6.45, 7) is 1.69. The van der Waals surface area contributed by atoms with Gasteiger partial charge in [-0.15, -0.1) is 6.42 Å². The van der Waals surface area contributed by atoms with Crippen LogP contribution in [0.5, 0.6) is 17.2 Å². The van der Waals surface area contributed by atoms with Gasteiger partial charge >= 0.3 is 0 Å². The average molecular weight is 617 g/mol. The van der Waals surface area contributed by atoms with Crippen LogP contribution in [-0.2, 0) is 0 Å². The van der Waals surface area contributed by atoms with Gasteiger partial charge in [0, 0.05) is 77.1 Å². The van der Waals surface area contributed by atoms with Gasteiger partial charge in [-0.2, -0.15) is 0 Å². The van der Waals surface area contributed by atoms with Crippen LogP contribution < -0.4 is 9.47 Å². The Labute approximate surface area is 287 Å². The Bertz CT molecular complexity index is 2660. The highest BCUT2D eigenvalue weighted by atomic mass is 16.5. The zero-order valence-electron chi connectivity index (χ0n) is 26.0. The van der Waals surface area contributed by atoms with E-state index in [0.29, 0.717) is 0 Å². The smallest absolute Gasteiger partial charge is 0.129 e. The number of ether oxygens (including phenoxy) is 2. The molecule has 0 aliphatic rings. The van der Waals surface area contributed by atoms with Gasteiger partial charge in [-0.3, -0.25) is 0 Å². The second-order valence-corrected chi connectivity index (χ2v) is 7.63. The topological polar surface area (TPSA) is 47.1 Å². The highest BCUT2D eigenvalue weighted by Crippen LogP contribution is 2.25. The van der Waals surface area contributed by atoms with Gasteiger partial charge in [0.2, 0.25) is 0 Å². The molecule has 1 heterocycles. The molecule has 0 bridgehead atoms. The van der Waals surface area contributed by atoms with Gasteiger partial charge in [-0.1, -0.05) is 5.92 Å². The summed E-state index contributed by atoms with van der Waals surface area (Å²) in [4.78, 5) is 7.21. The van der Waals surface area contributed by atoms with Crippen molar-refractivity contribution in [2.75, 3.05) is 7.11 Å². The van der Waals surface area contributed by atoms with Gasteiger partial charge in [0.1, 0.15) is 17.2 Å². The number of rotatable bonds is 3. The van der Waals surface area contributed by atoms with E-state index in [2.05, 4.69) is 182 Å². The normalized spacial score (nSPS) is 6.31. The summed E-state index contributed by atoms with van der Waals surface area (Å²) in [5.74, 6) is 74.2. The molecule has 3 aromatic rings. The molecule has 0 amide bonds. The lowest BCUT2D eigenvalue weighted by molar-refractivity contribution is 0.413. The maximum atomic E-state index is 5.75. The van der Waals surface area contributed by atoms with E-state index >= 15 is 0 Å². The third kappa shape index (κ3) is 18.2. The molecule has 4 heteroatoms. The zero-order valence-corrected chi connectivity index (χ0v) is 26.0. The first-order valence-corrected chi connectivity index (χ1v) is 13.4. The Balaban J connectivity index is 0.000000385. The van der Waals surface area contributed by atoms with E-state index in [-0.39, 0.29) is 0 Å². The van der Waals surface area contributed by atoms with E-state index in [1.165, 1.54) is 0 Å². The predicted molar refractivity (Wildman–Crippen MR) is 193 cm³/mol. The standard InChI is InChI=1S/C31H4.C14H12N2O2/c1-3-5-7-9-11-13-15-17-19-21-23-25-27-29-31-30-28-26-24-22-20-18-16-14-12-10-8-6-4-2;1-17-10-2-4-11(5-3-10)18-12-6-7-13-14(8-12)16-9-15-13/h1H,2H3;2-9H,1H3,(H,15,16). The lowest BCUT2D eigenvalue weighted by Crippen LogP contribution is -1.85. The van der Waals surface area contributed by atoms with Gasteiger partial charge in [-0.05, 0) is 138 Å². The van der Waals surface area contributed by atoms with Crippen molar-refractivity contribution in [1.29, 1.82) is 0 Å². The molecule has 1 N–H and O–H groups in total. The number of aromatic amines is 1. The highest BCUT2D eigenvalue weighted by molar-refractivity contribution is 5.76. The molecule has 0 saturated heterocycles. The second kappa shape index (κ2) is 25.4. The first-order valence-electron chi connectivity index (χ1n) is 13.4. The molecular weight excluding hydrogens is 601 g/mol. The van der Waals surface area contributed by atoms with Crippen molar-refractivity contribution in [3.63, 3.8) is 0 Å². The maximum absolute atomic E-state index is 5.75. The summed E-state index contributed by atoms with van der Waals surface area (Å²) in [6, 6.07) is 13.2. The minimum absolute atomic E-state index is 0.773. The molecule has 2 aromatic carbocycles. The third-order valence-corrected chi connectivity index (χ3v) is 4.51. The summed E-state index contributed by atoms with van der Waals surface area (Å²) in [5.41, 5.74) is 1.89. The van der Waals surface area contributed by atoms with Crippen LogP contribution in [-0.4, -0.2) is 17.1 Å². The summed E-state index contributed by atoms with van der Waals surface area (Å²) < 4.78 is 10.8. The number of hydrogen-bond acceptors (Lipinski definition) is 3. The number of nitrogens with zero attached hydrogens (tertiary/aromatic N) is 1. The first kappa shape index (κ1) is 36.1. The van der Waals surface area contributed by atoms with E-state index in [1.54, 1.807) is 20.4 Å². The van der Waals surface area contributed by atoms with E-state index in [9.17, 15) is 0 Å². The second-order valence-electron chi connectivity index (χ2n) is 7.63. The Hall–Kier alpha value is -9.09. The Morgan fingerprint density at radius 2 is 0.857 bits per heavy atom. The van der Waals surface area contributed by atoms with Crippen LogP contribution in [0.1, 0.15) is 6.92 Å². The molecule has 1 aromatic heterocycles. The molecule has 0 fully saturated rings. The monoisotopic (exact) mass is 616 g/mol. The molecule has 0 atom stereocenters. The van der Waals surface area contributed by atoms with Gasteiger partial charge in [-0.25, -0.2) is 4.98 Å². The van der Waals surface area contributed by atoms with Crippen molar-refractivity contribution in [1.82, 2.24) is 9.97 Å². The molecule has 3 rings (SSSR count). The van der Waals surface area contributed by atoms with Crippen LogP contribution >= 0.6 is 0 Å². The largest absolute Gasteiger partial charge is 0.497 e. The van der Waals surface area contributed by atoms with Crippen LogP contribution in [0.15, 0.2) is 48.8 Å². The fourth-order valence-corrected chi connectivity index (χ4v) is 2.64. The lowest BCUT2D eigenvalue weighted by atomic mass is 10.3. The van der Waals surface area contributed by atoms with Crippen molar-refractivity contribution < 1.29 is 9.47 Å². The number of benzene rings is 2. The number of aromatic nitrogens is 2. The van der Waals surface area contributed by atoms with Crippen molar-refractivity contribution >= 4 is 11.0 Å². The first-order chi connectivity index (χ1) is 24.3. The van der Waals surface area contributed by atoms with Crippen molar-refractivity contribution in [2.24, 2.45) is 0 Å². The summed E-state index contributed by atoms with van der Waals surface area (Å²) in [6.07, 6.45) is 6.59. The van der Waals surface area contributed by atoms with Crippen LogP contribution in [0.25, 0.3) is 11.0 Å². The van der Waals surface area contributed by atoms with Crippen molar-refractivity contribution in [3.05, 3.63) is 48.8 Å². The van der Waals surface area contributed by atoms with E-state index in [0.717, 1.165) is 28.3 Å². The van der Waals surface area contributed by atoms with Crippen molar-refractivity contribution in [2.45, 2.75) is 6.92 Å². The van der Waals surface area contributed by atoms with Crippen LogP contribution in [0.4, 0.5) is 0 Å². The van der Waals surface area contributed by atoms with E-state index in [4.69, 9.17) is 15.9 Å². The molecular formula is C45H16N2O2. The molecule has 4 nitrogen and oxygen atoms in total. The number of imidazole rings is 1. The average Bonchev–Trinajstić information content (AvgIpc) is 3.60. The van der Waals surface area contributed by atoms with Gasteiger partial charge in [0.25, 0.3) is 0 Å². The van der Waals surface area contributed by atoms with Crippen molar-refractivity contribution in [3.8, 4) is 195 Å². The van der Waals surface area contributed by atoms with Gasteiger partial charge in [0.15, 0.2) is 0 Å². The number of fused-ring (bicyclic) bond motifs is 1. The number of nitrogens with one attached hydrogen (secondary N) is 1. The highest BCUT2D eigenvalue weighted by Gasteiger charge is 2.01. The zero-order chi connectivity index (χ0) is 34.9. The number of H-pyrrole nitrogens is 1. The Morgan fingerprint density at radius 1 is 0.490 bits per heavy atom. The fourth-order valence-electron chi connectivity index (χ4n) is 2.64. The Morgan fingerprint density at radius 3 is 1.24 bits per heavy atom. The molecule has 0 radical (unpaired) electrons. The summed E-state index contributed by atoms with van der Waals surface area (Å²) >= 11 is 0. The molecule has 49 heavy (non-hydrogen) atoms. The van der Waals surface area contributed by atoms with E-state index < -0.39 is 0 Å². The van der Waals surface area contributed by atoms with E-state index in [1.807, 2.05) is 42.5 Å². The van der Waals surface area contributed by atoms with Crippen LogP contribution in [0.2, 0.25) is 0 Å². The molecule has 0 spiro atoms. The summed E-state index contributed by atoms with van der Waals surface area (Å²) in [7, 11) is 1.64. The summed E-state index contributed by atoms with van der Waals surface area (Å²) in [5, 5.41) is 0. The molecule has 0 aliphatic carbocycles. The lowest BCUT2D eigenvalue weighted by Gasteiger charge is -2.06. The molecule has 218 valence electrons. The third-order valence-electron chi connectivity index (χ3n) is 4.51.